The molecule has 0 amide bonds. The first-order valence-electron chi connectivity index (χ1n) is 10.3. The van der Waals surface area contributed by atoms with Gasteiger partial charge in [-0.1, -0.05) is 72.3 Å². The monoisotopic (exact) mass is 456 g/mol. The van der Waals surface area contributed by atoms with Crippen LogP contribution >= 0.6 is 22.9 Å². The van der Waals surface area contributed by atoms with Crippen LogP contribution in [0.1, 0.15) is 18.1 Å². The van der Waals surface area contributed by atoms with E-state index < -0.39 is 0 Å². The smallest absolute Gasteiger partial charge is 0.203 e. The third-order valence-electron chi connectivity index (χ3n) is 5.32. The highest BCUT2D eigenvalue weighted by atomic mass is 35.5. The molecule has 0 aliphatic heterocycles. The molecule has 0 spiro atoms. The van der Waals surface area contributed by atoms with Gasteiger partial charge in [-0.2, -0.15) is 5.10 Å². The van der Waals surface area contributed by atoms with Crippen LogP contribution in [0.25, 0.3) is 22.2 Å². The van der Waals surface area contributed by atoms with Gasteiger partial charge in [-0.05, 0) is 30.7 Å². The summed E-state index contributed by atoms with van der Waals surface area (Å²) in [6.07, 6.45) is 2.18. The average Bonchev–Trinajstić information content (AvgIpc) is 3.44. The van der Waals surface area contributed by atoms with Crippen LogP contribution in [-0.4, -0.2) is 15.3 Å². The zero-order chi connectivity index (χ0) is 21.9. The number of rotatable bonds is 6. The lowest BCUT2D eigenvalue weighted by Gasteiger charge is -2.05. The Kier molecular flexibility index (Phi) is 5.75. The van der Waals surface area contributed by atoms with Crippen LogP contribution in [0.15, 0.2) is 95.5 Å². The maximum atomic E-state index is 6.11. The molecule has 5 aromatic rings. The molecule has 5 rings (SSSR count). The molecule has 3 aromatic carbocycles. The summed E-state index contributed by atoms with van der Waals surface area (Å²) in [4.78, 5) is 4.65. The second-order valence-corrected chi connectivity index (χ2v) is 8.83. The van der Waals surface area contributed by atoms with Gasteiger partial charge in [0.1, 0.15) is 0 Å². The summed E-state index contributed by atoms with van der Waals surface area (Å²) >= 11 is 7.63. The van der Waals surface area contributed by atoms with Gasteiger partial charge in [-0.15, -0.1) is 11.3 Å². The van der Waals surface area contributed by atoms with Gasteiger partial charge in [0.2, 0.25) is 5.13 Å². The van der Waals surface area contributed by atoms with Crippen molar-refractivity contribution >= 4 is 44.7 Å². The highest BCUT2D eigenvalue weighted by molar-refractivity contribution is 7.14. The molecule has 6 heteroatoms. The molecule has 0 bridgehead atoms. The molecule has 0 saturated heterocycles. The van der Waals surface area contributed by atoms with Gasteiger partial charge in [0.05, 0.1) is 11.4 Å². The van der Waals surface area contributed by atoms with Gasteiger partial charge in [0.15, 0.2) is 0 Å². The van der Waals surface area contributed by atoms with E-state index in [2.05, 4.69) is 74.8 Å². The van der Waals surface area contributed by atoms with Gasteiger partial charge in [0, 0.05) is 45.2 Å². The lowest BCUT2D eigenvalue weighted by Crippen LogP contribution is -2.00. The maximum absolute atomic E-state index is 6.11. The van der Waals surface area contributed by atoms with Crippen molar-refractivity contribution < 1.29 is 0 Å². The van der Waals surface area contributed by atoms with Gasteiger partial charge < -0.3 is 4.57 Å². The number of fused-ring (bicyclic) bond motifs is 1. The van der Waals surface area contributed by atoms with Gasteiger partial charge in [0.25, 0.3) is 0 Å². The SMILES string of the molecule is C/C(=N/Nc1nc(-c2cccc(Cl)c2)cs1)c1cn(Cc2ccccc2)c2ccccc12. The molecular formula is C26H21ClN4S. The molecule has 32 heavy (non-hydrogen) atoms. The summed E-state index contributed by atoms with van der Waals surface area (Å²) in [6, 6.07) is 26.6. The van der Waals surface area contributed by atoms with E-state index in [1.165, 1.54) is 27.8 Å². The number of para-hydroxylation sites is 1. The number of thiazole rings is 1. The Bertz CT molecular complexity index is 1400. The average molecular weight is 457 g/mol. The summed E-state index contributed by atoms with van der Waals surface area (Å²) in [5, 5.41) is 9.27. The fourth-order valence-electron chi connectivity index (χ4n) is 3.74. The van der Waals surface area contributed by atoms with E-state index in [4.69, 9.17) is 11.6 Å². The summed E-state index contributed by atoms with van der Waals surface area (Å²) in [7, 11) is 0. The van der Waals surface area contributed by atoms with Crippen LogP contribution in [-0.2, 0) is 6.54 Å². The minimum absolute atomic E-state index is 0.700. The van der Waals surface area contributed by atoms with Crippen molar-refractivity contribution in [3.63, 3.8) is 0 Å². The first-order chi connectivity index (χ1) is 15.7. The second kappa shape index (κ2) is 8.99. The fraction of sp³-hybridized carbons (Fsp3) is 0.0769. The molecule has 0 unspecified atom stereocenters. The lowest BCUT2D eigenvalue weighted by atomic mass is 10.1. The number of hydrogen-bond acceptors (Lipinski definition) is 4. The second-order valence-electron chi connectivity index (χ2n) is 7.53. The Morgan fingerprint density at radius 3 is 2.69 bits per heavy atom. The summed E-state index contributed by atoms with van der Waals surface area (Å²) in [5.41, 5.74) is 9.48. The van der Waals surface area contributed by atoms with E-state index in [-0.39, 0.29) is 0 Å². The van der Waals surface area contributed by atoms with Crippen LogP contribution in [0.4, 0.5) is 5.13 Å². The van der Waals surface area contributed by atoms with Crippen LogP contribution in [0.3, 0.4) is 0 Å². The number of benzene rings is 3. The van der Waals surface area contributed by atoms with E-state index in [1.54, 1.807) is 0 Å². The van der Waals surface area contributed by atoms with Crippen molar-refractivity contribution in [1.82, 2.24) is 9.55 Å². The third-order valence-corrected chi connectivity index (χ3v) is 6.30. The molecule has 0 aliphatic carbocycles. The molecule has 158 valence electrons. The number of halogens is 1. The number of nitrogens with zero attached hydrogens (tertiary/aromatic N) is 3. The zero-order valence-corrected chi connectivity index (χ0v) is 19.1. The molecule has 0 saturated carbocycles. The Hall–Kier alpha value is -3.41. The molecule has 0 aliphatic rings. The largest absolute Gasteiger partial charge is 0.342 e. The molecule has 4 nitrogen and oxygen atoms in total. The van der Waals surface area contributed by atoms with E-state index in [1.807, 2.05) is 42.6 Å². The van der Waals surface area contributed by atoms with Crippen molar-refractivity contribution in [3.8, 4) is 11.3 Å². The molecule has 1 N–H and O–H groups in total. The minimum Gasteiger partial charge on any atom is -0.342 e. The predicted molar refractivity (Wildman–Crippen MR) is 136 cm³/mol. The molecule has 2 aromatic heterocycles. The van der Waals surface area contributed by atoms with Crippen molar-refractivity contribution in [2.24, 2.45) is 5.10 Å². The summed E-state index contributed by atoms with van der Waals surface area (Å²) < 4.78 is 2.28. The van der Waals surface area contributed by atoms with Crippen molar-refractivity contribution in [2.45, 2.75) is 13.5 Å². The standard InChI is InChI=1S/C26H21ClN4S/c1-18(29-30-26-28-24(17-32-26)20-10-7-11-21(27)14-20)23-16-31(15-19-8-3-2-4-9-19)25-13-6-5-12-22(23)25/h2-14,16-17H,15H2,1H3,(H,28,30)/b29-18-. The Labute approximate surface area is 195 Å². The van der Waals surface area contributed by atoms with Crippen LogP contribution < -0.4 is 5.43 Å². The fourth-order valence-corrected chi connectivity index (χ4v) is 4.60. The normalized spacial score (nSPS) is 11.8. The van der Waals surface area contributed by atoms with E-state index >= 15 is 0 Å². The highest BCUT2D eigenvalue weighted by Gasteiger charge is 2.11. The van der Waals surface area contributed by atoms with Gasteiger partial charge >= 0.3 is 0 Å². The van der Waals surface area contributed by atoms with E-state index in [9.17, 15) is 0 Å². The van der Waals surface area contributed by atoms with Gasteiger partial charge in [-0.3, -0.25) is 5.43 Å². The van der Waals surface area contributed by atoms with Gasteiger partial charge in [-0.25, -0.2) is 4.98 Å². The van der Waals surface area contributed by atoms with Crippen LogP contribution in [0, 0.1) is 0 Å². The lowest BCUT2D eigenvalue weighted by molar-refractivity contribution is 0.836. The minimum atomic E-state index is 0.700. The van der Waals surface area contributed by atoms with E-state index in [0.29, 0.717) is 5.02 Å². The summed E-state index contributed by atoms with van der Waals surface area (Å²) in [5.74, 6) is 0. The number of anilines is 1. The predicted octanol–water partition coefficient (Wildman–Crippen LogP) is 7.30. The number of hydrazone groups is 1. The molecule has 2 heterocycles. The Morgan fingerprint density at radius 1 is 1.03 bits per heavy atom. The number of aromatic nitrogens is 2. The quantitative estimate of drug-likeness (QED) is 0.215. The van der Waals surface area contributed by atoms with Crippen molar-refractivity contribution in [3.05, 3.63) is 107 Å². The third kappa shape index (κ3) is 4.31. The highest BCUT2D eigenvalue weighted by Crippen LogP contribution is 2.27. The maximum Gasteiger partial charge on any atom is 0.203 e. The topological polar surface area (TPSA) is 42.2 Å². The van der Waals surface area contributed by atoms with Crippen molar-refractivity contribution in [1.29, 1.82) is 0 Å². The number of hydrogen-bond donors (Lipinski definition) is 1. The number of nitrogens with one attached hydrogen (secondary N) is 1. The summed E-state index contributed by atoms with van der Waals surface area (Å²) in [6.45, 7) is 2.84. The van der Waals surface area contributed by atoms with E-state index in [0.717, 1.165) is 34.2 Å². The first kappa shape index (κ1) is 20.5. The van der Waals surface area contributed by atoms with Crippen LogP contribution in [0.5, 0.6) is 0 Å². The Morgan fingerprint density at radius 2 is 1.84 bits per heavy atom. The Balaban J connectivity index is 1.41. The van der Waals surface area contributed by atoms with Crippen LogP contribution in [0.2, 0.25) is 5.02 Å². The molecule has 0 atom stereocenters. The first-order valence-corrected chi connectivity index (χ1v) is 11.6. The molecule has 0 fully saturated rings. The van der Waals surface area contributed by atoms with Crippen molar-refractivity contribution in [2.75, 3.05) is 5.43 Å². The molecule has 0 radical (unpaired) electrons. The zero-order valence-electron chi connectivity index (χ0n) is 17.5. The molecular weight excluding hydrogens is 436 g/mol.